The second-order valence-electron chi connectivity index (χ2n) is 6.50. The Balaban J connectivity index is 1.51. The fraction of sp³-hybridized carbons (Fsp3) is 0.263. The van der Waals surface area contributed by atoms with Crippen LogP contribution in [0.4, 0.5) is 5.82 Å². The minimum absolute atomic E-state index is 0.293. The van der Waals surface area contributed by atoms with Gasteiger partial charge in [-0.15, -0.1) is 0 Å². The molecule has 0 fully saturated rings. The third-order valence-corrected chi connectivity index (χ3v) is 5.96. The lowest BCUT2D eigenvalue weighted by Crippen LogP contribution is -2.15. The predicted molar refractivity (Wildman–Crippen MR) is 99.5 cm³/mol. The Morgan fingerprint density at radius 1 is 1.00 bits per heavy atom. The number of rotatable bonds is 5. The maximum atomic E-state index is 12.7. The highest BCUT2D eigenvalue weighted by Crippen LogP contribution is 2.25. The maximum Gasteiger partial charge on any atom is 0.263 e. The zero-order chi connectivity index (χ0) is 18.0. The highest BCUT2D eigenvalue weighted by Gasteiger charge is 2.18. The van der Waals surface area contributed by atoms with Gasteiger partial charge in [-0.1, -0.05) is 6.07 Å². The van der Waals surface area contributed by atoms with Crippen molar-refractivity contribution < 1.29 is 8.42 Å². The summed E-state index contributed by atoms with van der Waals surface area (Å²) in [5.41, 5.74) is 3.45. The van der Waals surface area contributed by atoms with E-state index in [4.69, 9.17) is 0 Å². The van der Waals surface area contributed by atoms with Crippen LogP contribution in [-0.4, -0.2) is 23.2 Å². The molecule has 0 spiro atoms. The molecule has 0 unspecified atom stereocenters. The summed E-state index contributed by atoms with van der Waals surface area (Å²) in [7, 11) is -3.64. The van der Waals surface area contributed by atoms with E-state index < -0.39 is 10.0 Å². The summed E-state index contributed by atoms with van der Waals surface area (Å²) in [4.78, 5) is 4.28. The molecule has 7 heteroatoms. The minimum atomic E-state index is -3.64. The van der Waals surface area contributed by atoms with E-state index in [1.807, 2.05) is 18.2 Å². The lowest BCUT2D eigenvalue weighted by molar-refractivity contribution is 0.600. The smallest absolute Gasteiger partial charge is 0.263 e. The van der Waals surface area contributed by atoms with Crippen molar-refractivity contribution in [3.05, 3.63) is 71.7 Å². The molecule has 0 amide bonds. The molecule has 6 nitrogen and oxygen atoms in total. The number of fused-ring (bicyclic) bond motifs is 1. The van der Waals surface area contributed by atoms with Crippen LogP contribution in [0.3, 0.4) is 0 Å². The van der Waals surface area contributed by atoms with E-state index in [2.05, 4.69) is 14.8 Å². The maximum absolute atomic E-state index is 12.7. The summed E-state index contributed by atoms with van der Waals surface area (Å²) >= 11 is 0. The molecule has 3 aromatic rings. The van der Waals surface area contributed by atoms with Gasteiger partial charge in [-0.05, 0) is 66.6 Å². The Kier molecular flexibility index (Phi) is 4.46. The molecule has 134 valence electrons. The molecule has 0 atom stereocenters. The highest BCUT2D eigenvalue weighted by atomic mass is 32.2. The fourth-order valence-electron chi connectivity index (χ4n) is 3.25. The molecule has 26 heavy (non-hydrogen) atoms. The van der Waals surface area contributed by atoms with Crippen molar-refractivity contribution in [2.24, 2.45) is 0 Å². The van der Waals surface area contributed by atoms with Gasteiger partial charge < -0.3 is 0 Å². The number of sulfonamides is 1. The second kappa shape index (κ2) is 6.92. The molecule has 0 saturated carbocycles. The van der Waals surface area contributed by atoms with Gasteiger partial charge in [0.15, 0.2) is 5.82 Å². The summed E-state index contributed by atoms with van der Waals surface area (Å²) < 4.78 is 29.6. The Hall–Kier alpha value is -2.67. The largest absolute Gasteiger partial charge is 0.266 e. The van der Waals surface area contributed by atoms with E-state index in [9.17, 15) is 8.42 Å². The SMILES string of the molecule is O=S(=O)(Nc1ccn(Cc2ccncc2)n1)c1ccc2c(c1)CCCC2. The van der Waals surface area contributed by atoms with Crippen LogP contribution in [0.1, 0.15) is 29.5 Å². The molecule has 0 bridgehead atoms. The number of nitrogens with one attached hydrogen (secondary N) is 1. The lowest BCUT2D eigenvalue weighted by Gasteiger charge is -2.16. The molecule has 1 aliphatic rings. The Morgan fingerprint density at radius 2 is 1.77 bits per heavy atom. The van der Waals surface area contributed by atoms with Crippen LogP contribution in [0.15, 0.2) is 59.9 Å². The zero-order valence-electron chi connectivity index (χ0n) is 14.3. The van der Waals surface area contributed by atoms with Gasteiger partial charge in [0.25, 0.3) is 10.0 Å². The first-order chi connectivity index (χ1) is 12.6. The molecule has 0 saturated heterocycles. The first-order valence-corrected chi connectivity index (χ1v) is 10.2. The third kappa shape index (κ3) is 3.62. The number of aromatic nitrogens is 3. The summed E-state index contributed by atoms with van der Waals surface area (Å²) in [6, 6.07) is 10.9. The number of hydrogen-bond acceptors (Lipinski definition) is 4. The van der Waals surface area contributed by atoms with Gasteiger partial charge in [0.2, 0.25) is 0 Å². The van der Waals surface area contributed by atoms with Crippen molar-refractivity contribution in [1.29, 1.82) is 0 Å². The summed E-state index contributed by atoms with van der Waals surface area (Å²) in [6.45, 7) is 0.559. The number of hydrogen-bond donors (Lipinski definition) is 1. The number of pyridine rings is 1. The Bertz CT molecular complexity index is 1010. The topological polar surface area (TPSA) is 76.9 Å². The molecule has 2 aromatic heterocycles. The quantitative estimate of drug-likeness (QED) is 0.751. The Labute approximate surface area is 153 Å². The molecular formula is C19H20N4O2S. The van der Waals surface area contributed by atoms with Gasteiger partial charge in [-0.3, -0.25) is 14.4 Å². The molecule has 0 aliphatic heterocycles. The molecule has 2 heterocycles. The van der Waals surface area contributed by atoms with E-state index in [1.54, 1.807) is 41.5 Å². The van der Waals surface area contributed by atoms with Crippen LogP contribution in [0.2, 0.25) is 0 Å². The van der Waals surface area contributed by atoms with E-state index in [-0.39, 0.29) is 0 Å². The normalized spacial score (nSPS) is 14.0. The van der Waals surface area contributed by atoms with Crippen molar-refractivity contribution in [3.8, 4) is 0 Å². The average molecular weight is 368 g/mol. The fourth-order valence-corrected chi connectivity index (χ4v) is 4.30. The van der Waals surface area contributed by atoms with Crippen LogP contribution in [-0.2, 0) is 29.4 Å². The van der Waals surface area contributed by atoms with Crippen molar-refractivity contribution >= 4 is 15.8 Å². The summed E-state index contributed by atoms with van der Waals surface area (Å²) in [5, 5.41) is 4.31. The third-order valence-electron chi connectivity index (χ3n) is 4.60. The van der Waals surface area contributed by atoms with Crippen molar-refractivity contribution in [2.75, 3.05) is 4.72 Å². The van der Waals surface area contributed by atoms with Crippen molar-refractivity contribution in [2.45, 2.75) is 37.1 Å². The van der Waals surface area contributed by atoms with Crippen LogP contribution in [0, 0.1) is 0 Å². The first-order valence-electron chi connectivity index (χ1n) is 8.67. The number of benzene rings is 1. The highest BCUT2D eigenvalue weighted by molar-refractivity contribution is 7.92. The average Bonchev–Trinajstić information content (AvgIpc) is 3.08. The van der Waals surface area contributed by atoms with E-state index in [1.165, 1.54) is 12.0 Å². The van der Waals surface area contributed by atoms with Gasteiger partial charge in [-0.25, -0.2) is 8.42 Å². The molecule has 1 N–H and O–H groups in total. The molecule has 1 aromatic carbocycles. The Morgan fingerprint density at radius 3 is 2.58 bits per heavy atom. The van der Waals surface area contributed by atoms with Gasteiger partial charge in [0, 0.05) is 24.7 Å². The zero-order valence-corrected chi connectivity index (χ0v) is 15.1. The molecule has 1 aliphatic carbocycles. The number of aryl methyl sites for hydroxylation is 2. The first kappa shape index (κ1) is 16.8. The van der Waals surface area contributed by atoms with Gasteiger partial charge in [-0.2, -0.15) is 5.10 Å². The van der Waals surface area contributed by atoms with Crippen LogP contribution in [0.25, 0.3) is 0 Å². The van der Waals surface area contributed by atoms with Crippen LogP contribution in [0.5, 0.6) is 0 Å². The number of nitrogens with zero attached hydrogens (tertiary/aromatic N) is 3. The second-order valence-corrected chi connectivity index (χ2v) is 8.18. The van der Waals surface area contributed by atoms with Crippen LogP contribution >= 0.6 is 0 Å². The van der Waals surface area contributed by atoms with Gasteiger partial charge in [0.1, 0.15) is 0 Å². The van der Waals surface area contributed by atoms with Crippen molar-refractivity contribution in [1.82, 2.24) is 14.8 Å². The van der Waals surface area contributed by atoms with Crippen molar-refractivity contribution in [3.63, 3.8) is 0 Å². The van der Waals surface area contributed by atoms with Gasteiger partial charge in [0.05, 0.1) is 11.4 Å². The predicted octanol–water partition coefficient (Wildman–Crippen LogP) is 3.01. The monoisotopic (exact) mass is 368 g/mol. The summed E-state index contributed by atoms with van der Waals surface area (Å²) in [5.74, 6) is 0.316. The van der Waals surface area contributed by atoms with Gasteiger partial charge >= 0.3 is 0 Å². The van der Waals surface area contributed by atoms with E-state index in [0.717, 1.165) is 30.4 Å². The summed E-state index contributed by atoms with van der Waals surface area (Å²) in [6.07, 6.45) is 9.46. The number of anilines is 1. The molecule has 0 radical (unpaired) electrons. The van der Waals surface area contributed by atoms with Crippen LogP contribution < -0.4 is 4.72 Å². The lowest BCUT2D eigenvalue weighted by atomic mass is 9.92. The molecular weight excluding hydrogens is 348 g/mol. The van der Waals surface area contributed by atoms with E-state index in [0.29, 0.717) is 17.3 Å². The minimum Gasteiger partial charge on any atom is -0.266 e. The standard InChI is InChI=1S/C19H20N4O2S/c24-26(25,18-6-5-16-3-1-2-4-17(16)13-18)22-19-9-12-23(21-19)14-15-7-10-20-11-8-15/h5-13H,1-4,14H2,(H,21,22). The van der Waals surface area contributed by atoms with E-state index >= 15 is 0 Å². The molecule has 4 rings (SSSR count).